The minimum atomic E-state index is -0.0136. The minimum Gasteiger partial charge on any atom is -0.376 e. The molecule has 0 saturated carbocycles. The molecule has 3 aromatic rings. The Bertz CT molecular complexity index is 1030. The van der Waals surface area contributed by atoms with Gasteiger partial charge in [-0.1, -0.05) is 59.8 Å². The van der Waals surface area contributed by atoms with Gasteiger partial charge in [-0.15, -0.1) is 10.2 Å². The van der Waals surface area contributed by atoms with Crippen molar-refractivity contribution in [2.75, 3.05) is 18.9 Å². The molecular weight excluding hydrogens is 408 g/mol. The van der Waals surface area contributed by atoms with Gasteiger partial charge in [0, 0.05) is 19.6 Å². The first-order valence-corrected chi connectivity index (χ1v) is 11.7. The zero-order chi connectivity index (χ0) is 21.6. The number of hydrogen-bond donors (Lipinski definition) is 1. The maximum absolute atomic E-state index is 12.4. The SMILES string of the molecule is Cc1ccc(-n2c(Cc3ccccc3)nnc2SCC(=O)NCC2CCCO2)c(C)c1. The molecule has 2 aromatic carbocycles. The summed E-state index contributed by atoms with van der Waals surface area (Å²) in [6, 6.07) is 16.6. The smallest absolute Gasteiger partial charge is 0.230 e. The monoisotopic (exact) mass is 436 g/mol. The Kier molecular flexibility index (Phi) is 7.04. The predicted molar refractivity (Wildman–Crippen MR) is 123 cm³/mol. The van der Waals surface area contributed by atoms with Crippen LogP contribution in [-0.2, 0) is 16.0 Å². The van der Waals surface area contributed by atoms with E-state index in [1.54, 1.807) is 0 Å². The van der Waals surface area contributed by atoms with Crippen molar-refractivity contribution in [1.82, 2.24) is 20.1 Å². The van der Waals surface area contributed by atoms with Crippen LogP contribution in [0.4, 0.5) is 0 Å². The Balaban J connectivity index is 1.53. The Labute approximate surface area is 187 Å². The minimum absolute atomic E-state index is 0.0136. The molecule has 0 spiro atoms. The Hall–Kier alpha value is -2.64. The highest BCUT2D eigenvalue weighted by molar-refractivity contribution is 7.99. The number of carbonyl (C=O) groups excluding carboxylic acids is 1. The number of nitrogens with zero attached hydrogens (tertiary/aromatic N) is 3. The summed E-state index contributed by atoms with van der Waals surface area (Å²) >= 11 is 1.41. The van der Waals surface area contributed by atoms with Crippen LogP contribution in [0.3, 0.4) is 0 Å². The van der Waals surface area contributed by atoms with Gasteiger partial charge in [0.15, 0.2) is 5.16 Å². The zero-order valence-corrected chi connectivity index (χ0v) is 18.8. The van der Waals surface area contributed by atoms with Gasteiger partial charge in [0.25, 0.3) is 0 Å². The number of thioether (sulfide) groups is 1. The normalized spacial score (nSPS) is 15.9. The molecule has 1 unspecified atom stereocenters. The Morgan fingerprint density at radius 3 is 2.77 bits per heavy atom. The van der Waals surface area contributed by atoms with Gasteiger partial charge in [0.05, 0.1) is 17.5 Å². The van der Waals surface area contributed by atoms with Gasteiger partial charge in [-0.25, -0.2) is 0 Å². The standard InChI is InChI=1S/C24H28N4O2S/c1-17-10-11-21(18(2)13-17)28-22(14-19-7-4-3-5-8-19)26-27-24(28)31-16-23(29)25-15-20-9-6-12-30-20/h3-5,7-8,10-11,13,20H,6,9,12,14-16H2,1-2H3,(H,25,29). The number of aromatic nitrogens is 3. The van der Waals surface area contributed by atoms with Crippen LogP contribution in [0, 0.1) is 13.8 Å². The molecule has 7 heteroatoms. The van der Waals surface area contributed by atoms with E-state index in [0.29, 0.717) is 18.7 Å². The molecule has 1 aliphatic rings. The molecule has 1 N–H and O–H groups in total. The molecule has 162 valence electrons. The van der Waals surface area contributed by atoms with Crippen LogP contribution in [-0.4, -0.2) is 45.7 Å². The van der Waals surface area contributed by atoms with Gasteiger partial charge in [-0.2, -0.15) is 0 Å². The molecule has 1 atom stereocenters. The first-order valence-electron chi connectivity index (χ1n) is 10.7. The average molecular weight is 437 g/mol. The van der Waals surface area contributed by atoms with Gasteiger partial charge >= 0.3 is 0 Å². The third-order valence-electron chi connectivity index (χ3n) is 5.38. The Morgan fingerprint density at radius 2 is 2.03 bits per heavy atom. The number of amides is 1. The number of nitrogens with one attached hydrogen (secondary N) is 1. The van der Waals surface area contributed by atoms with E-state index < -0.39 is 0 Å². The van der Waals surface area contributed by atoms with E-state index in [2.05, 4.69) is 64.3 Å². The molecular formula is C24H28N4O2S. The second-order valence-electron chi connectivity index (χ2n) is 7.91. The zero-order valence-electron chi connectivity index (χ0n) is 18.0. The second-order valence-corrected chi connectivity index (χ2v) is 8.86. The fourth-order valence-corrected chi connectivity index (χ4v) is 4.59. The van der Waals surface area contributed by atoms with Gasteiger partial charge in [0.2, 0.25) is 5.91 Å². The third-order valence-corrected chi connectivity index (χ3v) is 6.31. The number of rotatable bonds is 8. The van der Waals surface area contributed by atoms with E-state index in [1.807, 2.05) is 18.2 Å². The van der Waals surface area contributed by atoms with Crippen molar-refractivity contribution in [2.45, 2.75) is 44.4 Å². The van der Waals surface area contributed by atoms with Crippen molar-refractivity contribution in [3.63, 3.8) is 0 Å². The summed E-state index contributed by atoms with van der Waals surface area (Å²) in [5, 5.41) is 12.6. The summed E-state index contributed by atoms with van der Waals surface area (Å²) < 4.78 is 7.66. The molecule has 0 bridgehead atoms. The van der Waals surface area contributed by atoms with Crippen LogP contribution in [0.1, 0.15) is 35.4 Å². The highest BCUT2D eigenvalue weighted by Crippen LogP contribution is 2.26. The lowest BCUT2D eigenvalue weighted by Crippen LogP contribution is -2.32. The maximum atomic E-state index is 12.4. The van der Waals surface area contributed by atoms with Crippen molar-refractivity contribution in [2.24, 2.45) is 0 Å². The fourth-order valence-electron chi connectivity index (χ4n) is 3.80. The van der Waals surface area contributed by atoms with Crippen LogP contribution in [0.2, 0.25) is 0 Å². The lowest BCUT2D eigenvalue weighted by Gasteiger charge is -2.14. The summed E-state index contributed by atoms with van der Waals surface area (Å²) in [7, 11) is 0. The molecule has 1 aromatic heterocycles. The van der Waals surface area contributed by atoms with E-state index in [9.17, 15) is 4.79 Å². The number of carbonyl (C=O) groups is 1. The van der Waals surface area contributed by atoms with E-state index in [0.717, 1.165) is 41.7 Å². The van der Waals surface area contributed by atoms with Crippen LogP contribution >= 0.6 is 11.8 Å². The topological polar surface area (TPSA) is 69.0 Å². The molecule has 1 aliphatic heterocycles. The lowest BCUT2D eigenvalue weighted by atomic mass is 10.1. The van der Waals surface area contributed by atoms with Crippen molar-refractivity contribution >= 4 is 17.7 Å². The summed E-state index contributed by atoms with van der Waals surface area (Å²) in [6.45, 7) is 5.54. The molecule has 0 aliphatic carbocycles. The lowest BCUT2D eigenvalue weighted by molar-refractivity contribution is -0.119. The molecule has 0 radical (unpaired) electrons. The quantitative estimate of drug-likeness (QED) is 0.543. The van der Waals surface area contributed by atoms with Gasteiger partial charge in [-0.3, -0.25) is 9.36 Å². The van der Waals surface area contributed by atoms with Crippen LogP contribution in [0.5, 0.6) is 0 Å². The van der Waals surface area contributed by atoms with Crippen molar-refractivity contribution in [3.05, 3.63) is 71.0 Å². The molecule has 2 heterocycles. The van der Waals surface area contributed by atoms with Gasteiger partial charge in [0.1, 0.15) is 5.82 Å². The van der Waals surface area contributed by atoms with Crippen LogP contribution in [0.25, 0.3) is 5.69 Å². The van der Waals surface area contributed by atoms with E-state index in [4.69, 9.17) is 4.74 Å². The number of ether oxygens (including phenoxy) is 1. The summed E-state index contributed by atoms with van der Waals surface area (Å²) in [5.74, 6) is 1.14. The number of hydrogen-bond acceptors (Lipinski definition) is 5. The second kappa shape index (κ2) is 10.1. The van der Waals surface area contributed by atoms with Crippen LogP contribution < -0.4 is 5.32 Å². The fraction of sp³-hybridized carbons (Fsp3) is 0.375. The Morgan fingerprint density at radius 1 is 1.19 bits per heavy atom. The molecule has 6 nitrogen and oxygen atoms in total. The molecule has 4 rings (SSSR count). The largest absolute Gasteiger partial charge is 0.376 e. The van der Waals surface area contributed by atoms with Gasteiger partial charge < -0.3 is 10.1 Å². The van der Waals surface area contributed by atoms with Crippen molar-refractivity contribution in [1.29, 1.82) is 0 Å². The number of aryl methyl sites for hydroxylation is 2. The first kappa shape index (κ1) is 21.6. The average Bonchev–Trinajstić information content (AvgIpc) is 3.42. The maximum Gasteiger partial charge on any atom is 0.230 e. The summed E-state index contributed by atoms with van der Waals surface area (Å²) in [4.78, 5) is 12.4. The van der Waals surface area contributed by atoms with E-state index in [1.165, 1.54) is 22.9 Å². The van der Waals surface area contributed by atoms with Crippen LogP contribution in [0.15, 0.2) is 53.7 Å². The molecule has 31 heavy (non-hydrogen) atoms. The molecule has 1 amide bonds. The first-order chi connectivity index (χ1) is 15.1. The third kappa shape index (κ3) is 5.54. The van der Waals surface area contributed by atoms with E-state index >= 15 is 0 Å². The predicted octanol–water partition coefficient (Wildman–Crippen LogP) is 3.86. The van der Waals surface area contributed by atoms with Gasteiger partial charge in [-0.05, 0) is 43.9 Å². The molecule has 1 fully saturated rings. The van der Waals surface area contributed by atoms with Crippen molar-refractivity contribution in [3.8, 4) is 5.69 Å². The summed E-state index contributed by atoms with van der Waals surface area (Å²) in [6.07, 6.45) is 2.90. The molecule has 1 saturated heterocycles. The van der Waals surface area contributed by atoms with Crippen molar-refractivity contribution < 1.29 is 9.53 Å². The van der Waals surface area contributed by atoms with E-state index in [-0.39, 0.29) is 12.0 Å². The summed E-state index contributed by atoms with van der Waals surface area (Å²) in [5.41, 5.74) is 4.58. The number of benzene rings is 2. The highest BCUT2D eigenvalue weighted by atomic mass is 32.2. The highest BCUT2D eigenvalue weighted by Gasteiger charge is 2.19.